The van der Waals surface area contributed by atoms with E-state index in [1.807, 2.05) is 0 Å². The Kier molecular flexibility index (Phi) is 6.11. The van der Waals surface area contributed by atoms with Crippen molar-refractivity contribution in [2.24, 2.45) is 0 Å². The molecule has 0 bridgehead atoms. The van der Waals surface area contributed by atoms with Crippen molar-refractivity contribution in [2.75, 3.05) is 19.8 Å². The first-order valence-corrected chi connectivity index (χ1v) is 8.19. The van der Waals surface area contributed by atoms with Gasteiger partial charge in [0, 0.05) is 19.3 Å². The van der Waals surface area contributed by atoms with E-state index in [0.717, 1.165) is 19.8 Å². The number of unbranched alkanes of at least 4 members (excludes halogenated alkanes) is 1. The molecule has 3 nitrogen and oxygen atoms in total. The van der Waals surface area contributed by atoms with Gasteiger partial charge in [0.15, 0.2) is 0 Å². The van der Waals surface area contributed by atoms with Crippen LogP contribution in [0, 0.1) is 0 Å². The lowest BCUT2D eigenvalue weighted by atomic mass is 9.89. The smallest absolute Gasteiger partial charge is 0.0697 e. The third kappa shape index (κ3) is 5.05. The van der Waals surface area contributed by atoms with E-state index in [0.29, 0.717) is 12.1 Å². The lowest BCUT2D eigenvalue weighted by Gasteiger charge is -2.38. The van der Waals surface area contributed by atoms with Crippen molar-refractivity contribution in [3.8, 4) is 0 Å². The summed E-state index contributed by atoms with van der Waals surface area (Å²) in [5.74, 6) is 0. The molecule has 0 aromatic heterocycles. The first-order valence-electron chi connectivity index (χ1n) is 8.19. The molecular formula is C16H31NO2. The van der Waals surface area contributed by atoms with Crippen LogP contribution in [0.4, 0.5) is 0 Å². The highest BCUT2D eigenvalue weighted by Gasteiger charge is 2.39. The predicted molar refractivity (Wildman–Crippen MR) is 78.5 cm³/mol. The molecule has 3 heteroatoms. The van der Waals surface area contributed by atoms with Crippen molar-refractivity contribution in [3.05, 3.63) is 0 Å². The number of ether oxygens (including phenoxy) is 2. The lowest BCUT2D eigenvalue weighted by molar-refractivity contribution is -0.0835. The molecule has 2 rings (SSSR count). The normalized spacial score (nSPS) is 26.4. The van der Waals surface area contributed by atoms with Crippen LogP contribution in [0.2, 0.25) is 0 Å². The molecule has 1 unspecified atom stereocenters. The Labute approximate surface area is 118 Å². The van der Waals surface area contributed by atoms with Gasteiger partial charge in [0.25, 0.3) is 0 Å². The minimum atomic E-state index is 0.247. The molecule has 1 saturated carbocycles. The molecule has 1 atom stereocenters. The molecule has 0 amide bonds. The summed E-state index contributed by atoms with van der Waals surface area (Å²) < 4.78 is 11.6. The van der Waals surface area contributed by atoms with Gasteiger partial charge in [-0.25, -0.2) is 0 Å². The fourth-order valence-corrected chi connectivity index (χ4v) is 3.42. The first-order chi connectivity index (χ1) is 9.20. The summed E-state index contributed by atoms with van der Waals surface area (Å²) in [4.78, 5) is 0. The Morgan fingerprint density at radius 1 is 1.26 bits per heavy atom. The topological polar surface area (TPSA) is 30.5 Å². The van der Waals surface area contributed by atoms with Crippen LogP contribution in [0.1, 0.15) is 65.2 Å². The second-order valence-corrected chi connectivity index (χ2v) is 6.51. The van der Waals surface area contributed by atoms with Gasteiger partial charge in [-0.15, -0.1) is 0 Å². The molecule has 2 fully saturated rings. The lowest BCUT2D eigenvalue weighted by Crippen LogP contribution is -2.45. The van der Waals surface area contributed by atoms with Crippen LogP contribution in [0.15, 0.2) is 0 Å². The fraction of sp³-hybridized carbons (Fsp3) is 1.00. The largest absolute Gasteiger partial charge is 0.379 e. The van der Waals surface area contributed by atoms with Crippen molar-refractivity contribution in [1.82, 2.24) is 5.32 Å². The van der Waals surface area contributed by atoms with E-state index >= 15 is 0 Å². The number of nitrogens with one attached hydrogen (secondary N) is 1. The Morgan fingerprint density at radius 2 is 2.05 bits per heavy atom. The highest BCUT2D eigenvalue weighted by molar-refractivity contribution is 4.93. The molecule has 1 saturated heterocycles. The number of hydrogen-bond donors (Lipinski definition) is 1. The van der Waals surface area contributed by atoms with Crippen LogP contribution < -0.4 is 5.32 Å². The fourth-order valence-electron chi connectivity index (χ4n) is 3.42. The monoisotopic (exact) mass is 269 g/mol. The van der Waals surface area contributed by atoms with E-state index in [4.69, 9.17) is 9.47 Å². The van der Waals surface area contributed by atoms with Crippen LogP contribution in [-0.4, -0.2) is 37.5 Å². The van der Waals surface area contributed by atoms with Crippen LogP contribution >= 0.6 is 0 Å². The number of rotatable bonds is 7. The molecule has 0 radical (unpaired) electrons. The summed E-state index contributed by atoms with van der Waals surface area (Å²) in [6.45, 7) is 7.18. The molecular weight excluding hydrogens is 238 g/mol. The van der Waals surface area contributed by atoms with E-state index in [-0.39, 0.29) is 5.60 Å². The highest BCUT2D eigenvalue weighted by Crippen LogP contribution is 2.39. The van der Waals surface area contributed by atoms with Gasteiger partial charge in [-0.2, -0.15) is 0 Å². The molecule has 0 aromatic rings. The zero-order valence-corrected chi connectivity index (χ0v) is 12.7. The molecule has 1 spiro atoms. The SMILES string of the molecule is CC(C)OCCCCNC1CCOC2(CCCC2)C1. The van der Waals surface area contributed by atoms with Crippen molar-refractivity contribution >= 4 is 0 Å². The maximum absolute atomic E-state index is 6.07. The Morgan fingerprint density at radius 3 is 2.79 bits per heavy atom. The minimum absolute atomic E-state index is 0.247. The summed E-state index contributed by atoms with van der Waals surface area (Å²) in [5.41, 5.74) is 0.247. The van der Waals surface area contributed by atoms with Gasteiger partial charge in [0.05, 0.1) is 11.7 Å². The first kappa shape index (κ1) is 15.3. The molecule has 1 N–H and O–H groups in total. The zero-order chi connectivity index (χ0) is 13.6. The van der Waals surface area contributed by atoms with E-state index in [2.05, 4.69) is 19.2 Å². The van der Waals surface area contributed by atoms with Gasteiger partial charge < -0.3 is 14.8 Å². The maximum atomic E-state index is 6.07. The molecule has 0 aromatic carbocycles. The summed E-state index contributed by atoms with van der Waals surface area (Å²) in [6.07, 6.45) is 10.5. The minimum Gasteiger partial charge on any atom is -0.379 e. The van der Waals surface area contributed by atoms with E-state index in [1.54, 1.807) is 0 Å². The van der Waals surface area contributed by atoms with Gasteiger partial charge in [-0.3, -0.25) is 0 Å². The van der Waals surface area contributed by atoms with Gasteiger partial charge >= 0.3 is 0 Å². The van der Waals surface area contributed by atoms with E-state index in [9.17, 15) is 0 Å². The van der Waals surface area contributed by atoms with Crippen LogP contribution in [0.5, 0.6) is 0 Å². The zero-order valence-electron chi connectivity index (χ0n) is 12.7. The van der Waals surface area contributed by atoms with Gasteiger partial charge in [-0.05, 0) is 58.9 Å². The molecule has 19 heavy (non-hydrogen) atoms. The third-order valence-electron chi connectivity index (χ3n) is 4.46. The van der Waals surface area contributed by atoms with Crippen molar-refractivity contribution in [3.63, 3.8) is 0 Å². The van der Waals surface area contributed by atoms with Gasteiger partial charge in [0.1, 0.15) is 0 Å². The summed E-state index contributed by atoms with van der Waals surface area (Å²) >= 11 is 0. The van der Waals surface area contributed by atoms with Gasteiger partial charge in [-0.1, -0.05) is 12.8 Å². The summed E-state index contributed by atoms with van der Waals surface area (Å²) in [5, 5.41) is 3.73. The van der Waals surface area contributed by atoms with E-state index < -0.39 is 0 Å². The predicted octanol–water partition coefficient (Wildman–Crippen LogP) is 3.27. The third-order valence-corrected chi connectivity index (χ3v) is 4.46. The number of hydrogen-bond acceptors (Lipinski definition) is 3. The Balaban J connectivity index is 1.56. The van der Waals surface area contributed by atoms with E-state index in [1.165, 1.54) is 51.4 Å². The summed E-state index contributed by atoms with van der Waals surface area (Å²) in [7, 11) is 0. The molecule has 1 aliphatic carbocycles. The molecule has 1 heterocycles. The molecule has 2 aliphatic rings. The van der Waals surface area contributed by atoms with Crippen molar-refractivity contribution < 1.29 is 9.47 Å². The average Bonchev–Trinajstić information content (AvgIpc) is 2.81. The van der Waals surface area contributed by atoms with Crippen molar-refractivity contribution in [1.29, 1.82) is 0 Å². The highest BCUT2D eigenvalue weighted by atomic mass is 16.5. The van der Waals surface area contributed by atoms with Gasteiger partial charge in [0.2, 0.25) is 0 Å². The average molecular weight is 269 g/mol. The van der Waals surface area contributed by atoms with Crippen LogP contribution in [0.25, 0.3) is 0 Å². The Hall–Kier alpha value is -0.120. The van der Waals surface area contributed by atoms with Crippen LogP contribution in [-0.2, 0) is 9.47 Å². The van der Waals surface area contributed by atoms with Crippen molar-refractivity contribution in [2.45, 2.75) is 83.0 Å². The molecule has 1 aliphatic heterocycles. The van der Waals surface area contributed by atoms with Crippen LogP contribution in [0.3, 0.4) is 0 Å². The second kappa shape index (κ2) is 7.61. The maximum Gasteiger partial charge on any atom is 0.0697 e. The Bertz CT molecular complexity index is 249. The standard InChI is InChI=1S/C16H31NO2/c1-14(2)18-11-6-5-10-17-15-7-12-19-16(13-15)8-3-4-9-16/h14-15,17H,3-13H2,1-2H3. The second-order valence-electron chi connectivity index (χ2n) is 6.51. The summed E-state index contributed by atoms with van der Waals surface area (Å²) in [6, 6.07) is 0.679. The molecule has 112 valence electrons. The quantitative estimate of drug-likeness (QED) is 0.720.